The fourth-order valence-electron chi connectivity index (χ4n) is 2.42. The number of fused-ring (bicyclic) bond motifs is 1. The van der Waals surface area contributed by atoms with Gasteiger partial charge in [0, 0.05) is 19.0 Å². The summed E-state index contributed by atoms with van der Waals surface area (Å²) >= 11 is 0. The van der Waals surface area contributed by atoms with E-state index in [2.05, 4.69) is 10.6 Å². The predicted molar refractivity (Wildman–Crippen MR) is 72.9 cm³/mol. The van der Waals surface area contributed by atoms with Gasteiger partial charge in [-0.15, -0.1) is 0 Å². The minimum Gasteiger partial charge on any atom is -0.465 e. The van der Waals surface area contributed by atoms with Crippen molar-refractivity contribution < 1.29 is 24.2 Å². The molecule has 1 unspecified atom stereocenters. The molecule has 7 nitrogen and oxygen atoms in total. The molecule has 1 atom stereocenters. The van der Waals surface area contributed by atoms with Gasteiger partial charge in [-0.3, -0.25) is 4.79 Å². The Hall–Kier alpha value is -2.57. The van der Waals surface area contributed by atoms with Crippen LogP contribution in [-0.4, -0.2) is 29.6 Å². The highest BCUT2D eigenvalue weighted by atomic mass is 16.5. The molecule has 1 aliphatic rings. The number of amides is 2. The first-order valence-electron chi connectivity index (χ1n) is 6.43. The largest absolute Gasteiger partial charge is 0.465 e. The van der Waals surface area contributed by atoms with Crippen molar-refractivity contribution in [2.75, 3.05) is 6.54 Å². The third kappa shape index (κ3) is 3.13. The van der Waals surface area contributed by atoms with Crippen LogP contribution in [0.4, 0.5) is 4.79 Å². The first-order chi connectivity index (χ1) is 9.90. The zero-order chi connectivity index (χ0) is 15.6. The maximum atomic E-state index is 11.5. The van der Waals surface area contributed by atoms with Gasteiger partial charge in [-0.2, -0.15) is 0 Å². The quantitative estimate of drug-likeness (QED) is 0.721. The molecule has 2 rings (SSSR count). The van der Waals surface area contributed by atoms with E-state index < -0.39 is 12.1 Å². The molecule has 112 valence electrons. The number of hydrogen-bond donors (Lipinski definition) is 3. The van der Waals surface area contributed by atoms with Crippen molar-refractivity contribution in [2.24, 2.45) is 0 Å². The van der Waals surface area contributed by atoms with Crippen molar-refractivity contribution in [1.29, 1.82) is 0 Å². The molecule has 1 aromatic rings. The lowest BCUT2D eigenvalue weighted by Gasteiger charge is -2.21. The second-order valence-corrected chi connectivity index (χ2v) is 4.82. The van der Waals surface area contributed by atoms with Gasteiger partial charge < -0.3 is 20.5 Å². The summed E-state index contributed by atoms with van der Waals surface area (Å²) in [5.74, 6) is -0.626. The lowest BCUT2D eigenvalue weighted by Crippen LogP contribution is -2.36. The highest BCUT2D eigenvalue weighted by Crippen LogP contribution is 2.28. The molecule has 21 heavy (non-hydrogen) atoms. The van der Waals surface area contributed by atoms with E-state index in [4.69, 9.17) is 9.84 Å². The van der Waals surface area contributed by atoms with Crippen LogP contribution >= 0.6 is 0 Å². The Morgan fingerprint density at radius 2 is 2.14 bits per heavy atom. The maximum absolute atomic E-state index is 11.5. The lowest BCUT2D eigenvalue weighted by atomic mass is 9.94. The predicted octanol–water partition coefficient (Wildman–Crippen LogP) is 1.11. The summed E-state index contributed by atoms with van der Waals surface area (Å²) < 4.78 is 4.98. The smallest absolute Gasteiger partial charge is 0.404 e. The molecule has 1 aromatic carbocycles. The Kier molecular flexibility index (Phi) is 4.11. The van der Waals surface area contributed by atoms with Crippen LogP contribution in [-0.2, 0) is 16.1 Å². The number of ether oxygens (including phenoxy) is 1. The monoisotopic (exact) mass is 292 g/mol. The lowest BCUT2D eigenvalue weighted by molar-refractivity contribution is -0.119. The molecule has 0 saturated heterocycles. The van der Waals surface area contributed by atoms with Gasteiger partial charge in [-0.25, -0.2) is 9.59 Å². The highest BCUT2D eigenvalue weighted by Gasteiger charge is 2.26. The Morgan fingerprint density at radius 1 is 1.43 bits per heavy atom. The molecule has 3 N–H and O–H groups in total. The summed E-state index contributed by atoms with van der Waals surface area (Å²) in [5, 5.41) is 13.7. The van der Waals surface area contributed by atoms with Crippen LogP contribution in [0.15, 0.2) is 12.1 Å². The number of cyclic esters (lactones) is 1. The maximum Gasteiger partial charge on any atom is 0.404 e. The van der Waals surface area contributed by atoms with Gasteiger partial charge in [0.1, 0.15) is 6.61 Å². The number of rotatable bonds is 4. The van der Waals surface area contributed by atoms with E-state index in [9.17, 15) is 14.4 Å². The Bertz CT molecular complexity index is 612. The standard InChI is InChI=1S/C14H16N2O5/c1-7-9(3-4-10-11(7)6-21-13(10)18)12(16-8(2)17)5-15-14(19)20/h3-4,12,15H,5-6H2,1-2H3,(H,16,17)(H,19,20). The first kappa shape index (κ1) is 14.8. The first-order valence-corrected chi connectivity index (χ1v) is 6.43. The minimum absolute atomic E-state index is 0.0450. The third-order valence-corrected chi connectivity index (χ3v) is 3.42. The summed E-state index contributed by atoms with van der Waals surface area (Å²) in [6, 6.07) is 2.85. The summed E-state index contributed by atoms with van der Waals surface area (Å²) in [4.78, 5) is 33.5. The van der Waals surface area contributed by atoms with Gasteiger partial charge in [0.05, 0.1) is 11.6 Å². The van der Waals surface area contributed by atoms with Gasteiger partial charge in [0.2, 0.25) is 5.91 Å². The summed E-state index contributed by atoms with van der Waals surface area (Å²) in [6.45, 7) is 3.44. The van der Waals surface area contributed by atoms with E-state index >= 15 is 0 Å². The number of carbonyl (C=O) groups excluding carboxylic acids is 2. The SMILES string of the molecule is CC(=O)NC(CNC(=O)O)c1ccc2c(c1C)COC2=O. The number of esters is 1. The van der Waals surface area contributed by atoms with Crippen molar-refractivity contribution >= 4 is 18.0 Å². The van der Waals surface area contributed by atoms with Crippen LogP contribution in [0.1, 0.15) is 40.0 Å². The molecule has 0 fully saturated rings. The Labute approximate surface area is 121 Å². The molecule has 1 heterocycles. The molecule has 7 heteroatoms. The summed E-state index contributed by atoms with van der Waals surface area (Å²) in [7, 11) is 0. The van der Waals surface area contributed by atoms with E-state index in [1.165, 1.54) is 6.92 Å². The Balaban J connectivity index is 2.33. The number of hydrogen-bond acceptors (Lipinski definition) is 4. The average Bonchev–Trinajstić information content (AvgIpc) is 2.77. The van der Waals surface area contributed by atoms with Gasteiger partial charge in [-0.05, 0) is 24.1 Å². The Morgan fingerprint density at radius 3 is 2.76 bits per heavy atom. The fourth-order valence-corrected chi connectivity index (χ4v) is 2.42. The van der Waals surface area contributed by atoms with Crippen LogP contribution in [0.5, 0.6) is 0 Å². The van der Waals surface area contributed by atoms with Crippen molar-refractivity contribution in [2.45, 2.75) is 26.5 Å². The molecular formula is C14H16N2O5. The van der Waals surface area contributed by atoms with Crippen LogP contribution in [0.3, 0.4) is 0 Å². The zero-order valence-electron chi connectivity index (χ0n) is 11.7. The van der Waals surface area contributed by atoms with Crippen LogP contribution in [0, 0.1) is 6.92 Å². The summed E-state index contributed by atoms with van der Waals surface area (Å²) in [5.41, 5.74) is 2.88. The van der Waals surface area contributed by atoms with Crippen molar-refractivity contribution in [3.05, 3.63) is 34.4 Å². The van der Waals surface area contributed by atoms with Crippen LogP contribution in [0.2, 0.25) is 0 Å². The number of nitrogens with one attached hydrogen (secondary N) is 2. The van der Waals surface area contributed by atoms with Gasteiger partial charge in [0.15, 0.2) is 0 Å². The molecule has 1 aliphatic heterocycles. The third-order valence-electron chi connectivity index (χ3n) is 3.42. The molecule has 0 aromatic heterocycles. The average molecular weight is 292 g/mol. The summed E-state index contributed by atoms with van der Waals surface area (Å²) in [6.07, 6.45) is -1.16. The van der Waals surface area contributed by atoms with Crippen molar-refractivity contribution in [3.63, 3.8) is 0 Å². The van der Waals surface area contributed by atoms with Crippen LogP contribution in [0.25, 0.3) is 0 Å². The van der Waals surface area contributed by atoms with E-state index in [0.29, 0.717) is 5.56 Å². The molecule has 2 amide bonds. The van der Waals surface area contributed by atoms with Gasteiger partial charge >= 0.3 is 12.1 Å². The second kappa shape index (κ2) is 5.82. The van der Waals surface area contributed by atoms with Crippen molar-refractivity contribution in [3.8, 4) is 0 Å². The van der Waals surface area contributed by atoms with E-state index in [1.807, 2.05) is 6.92 Å². The molecule has 0 spiro atoms. The minimum atomic E-state index is -1.16. The topological polar surface area (TPSA) is 105 Å². The zero-order valence-corrected chi connectivity index (χ0v) is 11.7. The normalized spacial score (nSPS) is 14.1. The highest BCUT2D eigenvalue weighted by molar-refractivity contribution is 5.94. The molecule has 0 radical (unpaired) electrons. The second-order valence-electron chi connectivity index (χ2n) is 4.82. The number of carboxylic acid groups (broad SMARTS) is 1. The molecule has 0 bridgehead atoms. The van der Waals surface area contributed by atoms with E-state index in [0.717, 1.165) is 16.7 Å². The molecule has 0 aliphatic carbocycles. The van der Waals surface area contributed by atoms with Crippen molar-refractivity contribution in [1.82, 2.24) is 10.6 Å². The number of benzene rings is 1. The fraction of sp³-hybridized carbons (Fsp3) is 0.357. The molecule has 0 saturated carbocycles. The van der Waals surface area contributed by atoms with E-state index in [1.54, 1.807) is 12.1 Å². The van der Waals surface area contributed by atoms with E-state index in [-0.39, 0.29) is 25.0 Å². The van der Waals surface area contributed by atoms with Gasteiger partial charge in [0.25, 0.3) is 0 Å². The van der Waals surface area contributed by atoms with Gasteiger partial charge in [-0.1, -0.05) is 6.07 Å². The van der Waals surface area contributed by atoms with Crippen LogP contribution < -0.4 is 10.6 Å². The molecular weight excluding hydrogens is 276 g/mol. The number of carbonyl (C=O) groups is 3.